The maximum absolute atomic E-state index is 10.7. The number of benzene rings is 1. The van der Waals surface area contributed by atoms with Gasteiger partial charge in [0.15, 0.2) is 0 Å². The fourth-order valence-electron chi connectivity index (χ4n) is 2.35. The quantitative estimate of drug-likeness (QED) is 0.901. The molecule has 0 bridgehead atoms. The summed E-state index contributed by atoms with van der Waals surface area (Å²) in [5, 5.41) is 12.2. The Kier molecular flexibility index (Phi) is 4.11. The third-order valence-corrected chi connectivity index (χ3v) is 3.56. The molecule has 0 saturated carbocycles. The van der Waals surface area contributed by atoms with Crippen molar-refractivity contribution in [1.82, 2.24) is 0 Å². The Morgan fingerprint density at radius 3 is 3.06 bits per heavy atom. The van der Waals surface area contributed by atoms with Gasteiger partial charge in [0, 0.05) is 24.1 Å². The molecule has 1 aliphatic rings. The SMILES string of the molecule is Cc1cc(Br)cc2c1N(CCC(=O)O)CCCN2. The number of hydrogen-bond donors (Lipinski definition) is 2. The van der Waals surface area contributed by atoms with Crippen molar-refractivity contribution < 1.29 is 9.90 Å². The average Bonchev–Trinajstić information content (AvgIpc) is 2.48. The maximum atomic E-state index is 10.7. The maximum Gasteiger partial charge on any atom is 0.305 e. The number of aliphatic carboxylic acids is 1. The number of nitrogens with one attached hydrogen (secondary N) is 1. The van der Waals surface area contributed by atoms with Crippen LogP contribution in [0.5, 0.6) is 0 Å². The summed E-state index contributed by atoms with van der Waals surface area (Å²) in [6.07, 6.45) is 1.19. The highest BCUT2D eigenvalue weighted by molar-refractivity contribution is 9.10. The zero-order valence-electron chi connectivity index (χ0n) is 10.4. The Balaban J connectivity index is 2.31. The second kappa shape index (κ2) is 5.61. The van der Waals surface area contributed by atoms with Crippen molar-refractivity contribution in [3.8, 4) is 0 Å². The van der Waals surface area contributed by atoms with Gasteiger partial charge in [-0.2, -0.15) is 0 Å². The van der Waals surface area contributed by atoms with E-state index in [0.717, 1.165) is 35.4 Å². The van der Waals surface area contributed by atoms with E-state index < -0.39 is 5.97 Å². The van der Waals surface area contributed by atoms with E-state index in [0.29, 0.717) is 6.54 Å². The van der Waals surface area contributed by atoms with Crippen molar-refractivity contribution in [3.63, 3.8) is 0 Å². The molecule has 0 amide bonds. The number of carboxylic acid groups (broad SMARTS) is 1. The normalized spacial score (nSPS) is 14.7. The van der Waals surface area contributed by atoms with E-state index in [2.05, 4.69) is 45.2 Å². The molecule has 0 saturated heterocycles. The van der Waals surface area contributed by atoms with Gasteiger partial charge >= 0.3 is 5.97 Å². The molecule has 98 valence electrons. The lowest BCUT2D eigenvalue weighted by atomic mass is 10.1. The van der Waals surface area contributed by atoms with E-state index in [1.165, 1.54) is 5.56 Å². The number of anilines is 2. The standard InChI is InChI=1S/C13H17BrN2O2/c1-9-7-10(14)8-11-13(9)16(5-2-4-15-11)6-3-12(17)18/h7-8,15H,2-6H2,1H3,(H,17,18). The van der Waals surface area contributed by atoms with Crippen LogP contribution in [0.3, 0.4) is 0 Å². The molecule has 0 fully saturated rings. The van der Waals surface area contributed by atoms with Gasteiger partial charge in [-0.05, 0) is 31.0 Å². The van der Waals surface area contributed by atoms with Gasteiger partial charge in [-0.25, -0.2) is 0 Å². The summed E-state index contributed by atoms with van der Waals surface area (Å²) >= 11 is 3.50. The van der Waals surface area contributed by atoms with Gasteiger partial charge in [0.2, 0.25) is 0 Å². The fourth-order valence-corrected chi connectivity index (χ4v) is 2.92. The van der Waals surface area contributed by atoms with E-state index >= 15 is 0 Å². The first-order chi connectivity index (χ1) is 8.58. The van der Waals surface area contributed by atoms with Crippen LogP contribution < -0.4 is 10.2 Å². The van der Waals surface area contributed by atoms with Crippen LogP contribution in [0, 0.1) is 6.92 Å². The second-order valence-corrected chi connectivity index (χ2v) is 5.45. The summed E-state index contributed by atoms with van der Waals surface area (Å²) in [4.78, 5) is 12.9. The van der Waals surface area contributed by atoms with Crippen LogP contribution >= 0.6 is 15.9 Å². The number of aryl methyl sites for hydroxylation is 1. The lowest BCUT2D eigenvalue weighted by Crippen LogP contribution is -2.27. The van der Waals surface area contributed by atoms with Gasteiger partial charge in [-0.3, -0.25) is 4.79 Å². The Labute approximate surface area is 115 Å². The van der Waals surface area contributed by atoms with Gasteiger partial charge in [0.1, 0.15) is 0 Å². The van der Waals surface area contributed by atoms with Crippen molar-refractivity contribution in [1.29, 1.82) is 0 Å². The molecule has 1 aromatic rings. The van der Waals surface area contributed by atoms with Crippen LogP contribution in [0.25, 0.3) is 0 Å². The first-order valence-corrected chi connectivity index (χ1v) is 6.88. The topological polar surface area (TPSA) is 52.6 Å². The summed E-state index contributed by atoms with van der Waals surface area (Å²) < 4.78 is 1.05. The molecule has 5 heteroatoms. The van der Waals surface area contributed by atoms with Crippen molar-refractivity contribution in [3.05, 3.63) is 22.2 Å². The minimum atomic E-state index is -0.747. The number of nitrogens with zero attached hydrogens (tertiary/aromatic N) is 1. The molecule has 1 aliphatic heterocycles. The van der Waals surface area contributed by atoms with Crippen LogP contribution in [0.4, 0.5) is 11.4 Å². The lowest BCUT2D eigenvalue weighted by molar-refractivity contribution is -0.136. The van der Waals surface area contributed by atoms with E-state index in [4.69, 9.17) is 5.11 Å². The first-order valence-electron chi connectivity index (χ1n) is 6.08. The molecule has 0 unspecified atom stereocenters. The summed E-state index contributed by atoms with van der Waals surface area (Å²) in [7, 11) is 0. The Bertz CT molecular complexity index is 463. The summed E-state index contributed by atoms with van der Waals surface area (Å²) in [5.74, 6) is -0.747. The van der Waals surface area contributed by atoms with Crippen LogP contribution in [0.15, 0.2) is 16.6 Å². The predicted molar refractivity (Wildman–Crippen MR) is 76.5 cm³/mol. The van der Waals surface area contributed by atoms with Crippen molar-refractivity contribution in [2.45, 2.75) is 19.8 Å². The minimum Gasteiger partial charge on any atom is -0.481 e. The lowest BCUT2D eigenvalue weighted by Gasteiger charge is -2.26. The summed E-state index contributed by atoms with van der Waals surface area (Å²) in [6, 6.07) is 4.13. The smallest absolute Gasteiger partial charge is 0.305 e. The number of halogens is 1. The van der Waals surface area contributed by atoms with Crippen LogP contribution in [0.2, 0.25) is 0 Å². The molecule has 2 N–H and O–H groups in total. The van der Waals surface area contributed by atoms with Gasteiger partial charge in [-0.1, -0.05) is 15.9 Å². The fraction of sp³-hybridized carbons (Fsp3) is 0.462. The number of carboxylic acids is 1. The van der Waals surface area contributed by atoms with Crippen molar-refractivity contribution >= 4 is 33.3 Å². The average molecular weight is 313 g/mol. The van der Waals surface area contributed by atoms with Crippen molar-refractivity contribution in [2.24, 2.45) is 0 Å². The minimum absolute atomic E-state index is 0.176. The van der Waals surface area contributed by atoms with Gasteiger partial charge < -0.3 is 15.3 Å². The van der Waals surface area contributed by atoms with E-state index in [1.54, 1.807) is 0 Å². The zero-order chi connectivity index (χ0) is 13.1. The Morgan fingerprint density at radius 2 is 2.33 bits per heavy atom. The molecule has 0 radical (unpaired) electrons. The zero-order valence-corrected chi connectivity index (χ0v) is 12.0. The van der Waals surface area contributed by atoms with E-state index in [1.807, 2.05) is 0 Å². The summed E-state index contributed by atoms with van der Waals surface area (Å²) in [6.45, 7) is 4.44. The van der Waals surface area contributed by atoms with Crippen molar-refractivity contribution in [2.75, 3.05) is 29.9 Å². The highest BCUT2D eigenvalue weighted by atomic mass is 79.9. The third kappa shape index (κ3) is 2.96. The van der Waals surface area contributed by atoms with E-state index in [-0.39, 0.29) is 6.42 Å². The molecular weight excluding hydrogens is 296 g/mol. The molecule has 1 heterocycles. The van der Waals surface area contributed by atoms with E-state index in [9.17, 15) is 4.79 Å². The highest BCUT2D eigenvalue weighted by Gasteiger charge is 2.18. The number of hydrogen-bond acceptors (Lipinski definition) is 3. The Hall–Kier alpha value is -1.23. The monoisotopic (exact) mass is 312 g/mol. The predicted octanol–water partition coefficient (Wildman–Crippen LogP) is 2.85. The number of rotatable bonds is 3. The molecule has 0 aromatic heterocycles. The van der Waals surface area contributed by atoms with Gasteiger partial charge in [0.05, 0.1) is 17.8 Å². The number of fused-ring (bicyclic) bond motifs is 1. The molecule has 2 rings (SSSR count). The second-order valence-electron chi connectivity index (χ2n) is 4.53. The molecule has 1 aromatic carbocycles. The summed E-state index contributed by atoms with van der Waals surface area (Å²) in [5.41, 5.74) is 3.39. The van der Waals surface area contributed by atoms with Crippen LogP contribution in [-0.2, 0) is 4.79 Å². The molecule has 18 heavy (non-hydrogen) atoms. The third-order valence-electron chi connectivity index (χ3n) is 3.10. The van der Waals surface area contributed by atoms with Crippen LogP contribution in [0.1, 0.15) is 18.4 Å². The van der Waals surface area contributed by atoms with Gasteiger partial charge in [-0.15, -0.1) is 0 Å². The number of carbonyl (C=O) groups is 1. The highest BCUT2D eigenvalue weighted by Crippen LogP contribution is 2.35. The Morgan fingerprint density at radius 1 is 1.56 bits per heavy atom. The molecule has 0 atom stereocenters. The molecule has 0 spiro atoms. The van der Waals surface area contributed by atoms with Crippen LogP contribution in [-0.4, -0.2) is 30.7 Å². The first kappa shape index (κ1) is 13.2. The molecule has 0 aliphatic carbocycles. The molecule has 4 nitrogen and oxygen atoms in total. The molecular formula is C13H17BrN2O2. The largest absolute Gasteiger partial charge is 0.481 e. The van der Waals surface area contributed by atoms with Gasteiger partial charge in [0.25, 0.3) is 0 Å².